The van der Waals surface area contributed by atoms with Gasteiger partial charge in [0.1, 0.15) is 8.07 Å². The van der Waals surface area contributed by atoms with Crippen molar-refractivity contribution in [3.63, 3.8) is 0 Å². The van der Waals surface area contributed by atoms with E-state index in [9.17, 15) is 0 Å². The Labute approximate surface area is 230 Å². The molecular formula is C36H28N2Si. The van der Waals surface area contributed by atoms with E-state index in [2.05, 4.69) is 147 Å². The van der Waals surface area contributed by atoms with Gasteiger partial charge in [-0.05, 0) is 33.0 Å². The third-order valence-corrected chi connectivity index (χ3v) is 11.2. The molecule has 0 fully saturated rings. The first-order valence-corrected chi connectivity index (χ1v) is 16.4. The van der Waals surface area contributed by atoms with Crippen LogP contribution in [0.3, 0.4) is 0 Å². The molecule has 6 aromatic rings. The van der Waals surface area contributed by atoms with Gasteiger partial charge < -0.3 is 0 Å². The summed E-state index contributed by atoms with van der Waals surface area (Å²) in [5, 5.41) is 2.66. The first kappa shape index (κ1) is 23.5. The molecule has 39 heavy (non-hydrogen) atoms. The summed E-state index contributed by atoms with van der Waals surface area (Å²) in [6.45, 7) is 4.83. The van der Waals surface area contributed by atoms with E-state index in [1.165, 1.54) is 43.9 Å². The molecule has 3 heteroatoms. The Bertz CT molecular complexity index is 1810. The van der Waals surface area contributed by atoms with Crippen LogP contribution >= 0.6 is 0 Å². The van der Waals surface area contributed by atoms with E-state index in [0.29, 0.717) is 0 Å². The monoisotopic (exact) mass is 516 g/mol. The van der Waals surface area contributed by atoms with Gasteiger partial charge in [0.2, 0.25) is 0 Å². The molecule has 0 saturated carbocycles. The predicted octanol–water partition coefficient (Wildman–Crippen LogP) is 7.95. The number of fused-ring (bicyclic) bond motifs is 3. The molecule has 1 aromatic heterocycles. The van der Waals surface area contributed by atoms with E-state index < -0.39 is 8.07 Å². The normalized spacial score (nSPS) is 13.1. The maximum atomic E-state index is 5.35. The van der Waals surface area contributed by atoms with Crippen molar-refractivity contribution >= 4 is 18.6 Å². The van der Waals surface area contributed by atoms with Crippen LogP contribution < -0.4 is 10.5 Å². The minimum Gasteiger partial charge on any atom is -0.237 e. The second-order valence-corrected chi connectivity index (χ2v) is 14.9. The molecule has 0 N–H and O–H groups in total. The van der Waals surface area contributed by atoms with Crippen LogP contribution in [0, 0.1) is 0 Å². The highest BCUT2D eigenvalue weighted by Crippen LogP contribution is 2.40. The zero-order chi connectivity index (χ0) is 26.4. The van der Waals surface area contributed by atoms with Crippen molar-refractivity contribution in [2.24, 2.45) is 0 Å². The minimum atomic E-state index is -2.02. The van der Waals surface area contributed by atoms with Gasteiger partial charge in [-0.15, -0.1) is 0 Å². The zero-order valence-electron chi connectivity index (χ0n) is 22.1. The first-order valence-electron chi connectivity index (χ1n) is 13.4. The van der Waals surface area contributed by atoms with E-state index in [0.717, 1.165) is 22.6 Å². The highest BCUT2D eigenvalue weighted by atomic mass is 28.3. The largest absolute Gasteiger partial charge is 0.237 e. The number of benzene rings is 5. The van der Waals surface area contributed by atoms with Gasteiger partial charge in [0.05, 0.1) is 5.69 Å². The SMILES string of the molecule is C[Si]1(C)c2ccccc2-c2c(-c3ccccc3-c3ccccc3)nc(-c3ccc(-c4ccccc4)cc3)nc21. The standard InChI is InChI=1S/C36H28N2Si/c1-39(2)32-20-12-11-19-31(32)33-34(30-18-10-9-17-29(30)27-15-7-4-8-16-27)37-35(38-36(33)39)28-23-21-26(22-24-28)25-13-5-3-6-14-25/h3-24H,1-2H3. The average Bonchev–Trinajstić information content (AvgIpc) is 3.24. The lowest BCUT2D eigenvalue weighted by Crippen LogP contribution is -2.50. The molecular weight excluding hydrogens is 488 g/mol. The van der Waals surface area contributed by atoms with Gasteiger partial charge in [0, 0.05) is 22.0 Å². The fraction of sp³-hybridized carbons (Fsp3) is 0.0556. The lowest BCUT2D eigenvalue weighted by Gasteiger charge is -2.19. The number of aromatic nitrogens is 2. The molecule has 0 saturated heterocycles. The molecule has 2 nitrogen and oxygen atoms in total. The van der Waals surface area contributed by atoms with Gasteiger partial charge in [-0.2, -0.15) is 0 Å². The van der Waals surface area contributed by atoms with Gasteiger partial charge in [-0.1, -0.05) is 147 Å². The maximum Gasteiger partial charge on any atom is 0.159 e. The van der Waals surface area contributed by atoms with Gasteiger partial charge >= 0.3 is 0 Å². The van der Waals surface area contributed by atoms with Crippen molar-refractivity contribution < 1.29 is 0 Å². The number of nitrogens with zero attached hydrogens (tertiary/aromatic N) is 2. The van der Waals surface area contributed by atoms with Crippen LogP contribution in [0.1, 0.15) is 0 Å². The molecule has 0 unspecified atom stereocenters. The van der Waals surface area contributed by atoms with Crippen molar-refractivity contribution in [1.82, 2.24) is 9.97 Å². The predicted molar refractivity (Wildman–Crippen MR) is 166 cm³/mol. The summed E-state index contributed by atoms with van der Waals surface area (Å²) in [5.74, 6) is 0.791. The maximum absolute atomic E-state index is 5.35. The lowest BCUT2D eigenvalue weighted by molar-refractivity contribution is 1.21. The molecule has 0 spiro atoms. The second kappa shape index (κ2) is 9.30. The van der Waals surface area contributed by atoms with Gasteiger partial charge in [-0.3, -0.25) is 0 Å². The Morgan fingerprint density at radius 3 is 1.64 bits per heavy atom. The summed E-state index contributed by atoms with van der Waals surface area (Å²) in [7, 11) is -2.02. The summed E-state index contributed by atoms with van der Waals surface area (Å²) in [5.41, 5.74) is 10.5. The van der Waals surface area contributed by atoms with Crippen LogP contribution in [0.4, 0.5) is 0 Å². The van der Waals surface area contributed by atoms with E-state index >= 15 is 0 Å². The lowest BCUT2D eigenvalue weighted by atomic mass is 9.93. The molecule has 1 aliphatic rings. The molecule has 7 rings (SSSR count). The Morgan fingerprint density at radius 2 is 0.949 bits per heavy atom. The van der Waals surface area contributed by atoms with E-state index in [1.807, 2.05) is 0 Å². The van der Waals surface area contributed by atoms with E-state index in [1.54, 1.807) is 0 Å². The number of rotatable bonds is 4. The van der Waals surface area contributed by atoms with E-state index in [4.69, 9.17) is 9.97 Å². The van der Waals surface area contributed by atoms with Crippen molar-refractivity contribution in [1.29, 1.82) is 0 Å². The minimum absolute atomic E-state index is 0.791. The Hall–Kier alpha value is -4.60. The van der Waals surface area contributed by atoms with Crippen LogP contribution in [-0.4, -0.2) is 18.0 Å². The van der Waals surface area contributed by atoms with Crippen molar-refractivity contribution in [3.8, 4) is 56.0 Å². The Morgan fingerprint density at radius 1 is 0.436 bits per heavy atom. The summed E-state index contributed by atoms with van der Waals surface area (Å²) in [4.78, 5) is 10.7. The number of hydrogen-bond donors (Lipinski definition) is 0. The molecule has 0 amide bonds. The highest BCUT2D eigenvalue weighted by Gasteiger charge is 2.41. The molecule has 186 valence electrons. The van der Waals surface area contributed by atoms with Gasteiger partial charge in [0.25, 0.3) is 0 Å². The molecule has 0 bridgehead atoms. The smallest absolute Gasteiger partial charge is 0.159 e. The molecule has 0 radical (unpaired) electrons. The van der Waals surface area contributed by atoms with Gasteiger partial charge in [-0.25, -0.2) is 9.97 Å². The molecule has 2 heterocycles. The van der Waals surface area contributed by atoms with Crippen LogP contribution in [0.25, 0.3) is 56.0 Å². The van der Waals surface area contributed by atoms with Crippen LogP contribution in [0.2, 0.25) is 13.1 Å². The second-order valence-electron chi connectivity index (χ2n) is 10.6. The fourth-order valence-electron chi connectivity index (χ4n) is 5.87. The highest BCUT2D eigenvalue weighted by molar-refractivity contribution is 7.03. The molecule has 0 atom stereocenters. The van der Waals surface area contributed by atoms with Crippen LogP contribution in [-0.2, 0) is 0 Å². The van der Waals surface area contributed by atoms with Crippen molar-refractivity contribution in [3.05, 3.63) is 133 Å². The Kier molecular flexibility index (Phi) is 5.61. The number of hydrogen-bond acceptors (Lipinski definition) is 2. The molecule has 0 aliphatic carbocycles. The average molecular weight is 517 g/mol. The zero-order valence-corrected chi connectivity index (χ0v) is 23.1. The topological polar surface area (TPSA) is 25.8 Å². The summed E-state index contributed by atoms with van der Waals surface area (Å²) < 4.78 is 0. The first-order chi connectivity index (χ1) is 19.1. The summed E-state index contributed by atoms with van der Waals surface area (Å²) in [6.07, 6.45) is 0. The van der Waals surface area contributed by atoms with Crippen molar-refractivity contribution in [2.75, 3.05) is 0 Å². The molecule has 1 aliphatic heterocycles. The molecule has 5 aromatic carbocycles. The summed E-state index contributed by atoms with van der Waals surface area (Å²) in [6, 6.07) is 47.3. The van der Waals surface area contributed by atoms with E-state index in [-0.39, 0.29) is 0 Å². The quantitative estimate of drug-likeness (QED) is 0.222. The third-order valence-electron chi connectivity index (χ3n) is 7.89. The Balaban J connectivity index is 1.47. The van der Waals surface area contributed by atoms with Gasteiger partial charge in [0.15, 0.2) is 5.82 Å². The third kappa shape index (κ3) is 3.94. The van der Waals surface area contributed by atoms with Crippen molar-refractivity contribution in [2.45, 2.75) is 13.1 Å². The summed E-state index contributed by atoms with van der Waals surface area (Å²) >= 11 is 0. The van der Waals surface area contributed by atoms with Crippen LogP contribution in [0.15, 0.2) is 133 Å². The fourth-order valence-corrected chi connectivity index (χ4v) is 8.78. The van der Waals surface area contributed by atoms with Crippen LogP contribution in [0.5, 0.6) is 0 Å².